The summed E-state index contributed by atoms with van der Waals surface area (Å²) in [6.07, 6.45) is 0.164. The summed E-state index contributed by atoms with van der Waals surface area (Å²) in [6, 6.07) is 7.89. The predicted octanol–water partition coefficient (Wildman–Crippen LogP) is 3.66. The molecule has 0 saturated heterocycles. The van der Waals surface area contributed by atoms with E-state index >= 15 is 0 Å². The smallest absolute Gasteiger partial charge is 0.407 e. The van der Waals surface area contributed by atoms with Gasteiger partial charge in [-0.05, 0) is 44.7 Å². The first-order valence-corrected chi connectivity index (χ1v) is 7.76. The van der Waals surface area contributed by atoms with Gasteiger partial charge in [-0.2, -0.15) is 0 Å². The van der Waals surface area contributed by atoms with Gasteiger partial charge in [0.1, 0.15) is 5.60 Å². The number of benzene rings is 1. The number of aliphatic hydroxyl groups is 1. The lowest BCUT2D eigenvalue weighted by Gasteiger charge is -2.28. The topological polar surface area (TPSA) is 58.6 Å². The third-order valence-electron chi connectivity index (χ3n) is 3.63. The molecule has 0 aliphatic rings. The van der Waals surface area contributed by atoms with Crippen LogP contribution in [0.25, 0.3) is 0 Å². The molecule has 0 saturated carbocycles. The van der Waals surface area contributed by atoms with Crippen molar-refractivity contribution in [3.05, 3.63) is 35.4 Å². The Kier molecular flexibility index (Phi) is 6.00. The summed E-state index contributed by atoms with van der Waals surface area (Å²) in [6.45, 7) is 11.8. The van der Waals surface area contributed by atoms with Crippen LogP contribution in [0.3, 0.4) is 0 Å². The number of nitrogens with one attached hydrogen (secondary N) is 1. The van der Waals surface area contributed by atoms with Crippen LogP contribution in [0.4, 0.5) is 4.79 Å². The van der Waals surface area contributed by atoms with Gasteiger partial charge in [0.2, 0.25) is 0 Å². The minimum Gasteiger partial charge on any atom is -0.444 e. The number of amides is 1. The molecule has 1 aromatic carbocycles. The van der Waals surface area contributed by atoms with E-state index in [2.05, 4.69) is 5.32 Å². The lowest BCUT2D eigenvalue weighted by atomic mass is 9.86. The molecule has 2 N–H and O–H groups in total. The van der Waals surface area contributed by atoms with Gasteiger partial charge in [-0.25, -0.2) is 4.79 Å². The Balaban J connectivity index is 2.63. The van der Waals surface area contributed by atoms with Crippen molar-refractivity contribution in [1.29, 1.82) is 0 Å². The average Bonchev–Trinajstić information content (AvgIpc) is 2.34. The number of ether oxygens (including phenoxy) is 1. The summed E-state index contributed by atoms with van der Waals surface area (Å²) in [7, 11) is 0. The molecule has 1 unspecified atom stereocenters. The van der Waals surface area contributed by atoms with Crippen molar-refractivity contribution < 1.29 is 14.6 Å². The molecular weight excluding hydrogens is 278 g/mol. The molecule has 4 nitrogen and oxygen atoms in total. The van der Waals surface area contributed by atoms with Crippen molar-refractivity contribution in [2.75, 3.05) is 0 Å². The normalized spacial score (nSPS) is 14.5. The Morgan fingerprint density at radius 2 is 1.82 bits per heavy atom. The maximum absolute atomic E-state index is 11.7. The molecule has 0 aromatic heterocycles. The van der Waals surface area contributed by atoms with E-state index in [0.717, 1.165) is 11.1 Å². The summed E-state index contributed by atoms with van der Waals surface area (Å²) in [5, 5.41) is 13.1. The maximum Gasteiger partial charge on any atom is 0.407 e. The highest BCUT2D eigenvalue weighted by Crippen LogP contribution is 2.22. The number of carbonyl (C=O) groups is 1. The number of alkyl carbamates (subject to hydrolysis) is 1. The molecular formula is C18H29NO3. The van der Waals surface area contributed by atoms with E-state index < -0.39 is 17.3 Å². The average molecular weight is 307 g/mol. The highest BCUT2D eigenvalue weighted by atomic mass is 16.6. The van der Waals surface area contributed by atoms with Gasteiger partial charge in [0.15, 0.2) is 0 Å². The van der Waals surface area contributed by atoms with Crippen LogP contribution in [0.5, 0.6) is 0 Å². The Morgan fingerprint density at radius 3 is 2.36 bits per heavy atom. The van der Waals surface area contributed by atoms with Gasteiger partial charge in [-0.3, -0.25) is 0 Å². The Hall–Kier alpha value is -1.55. The zero-order valence-corrected chi connectivity index (χ0v) is 14.6. The van der Waals surface area contributed by atoms with Crippen LogP contribution in [0.2, 0.25) is 0 Å². The molecule has 0 radical (unpaired) electrons. The third-order valence-corrected chi connectivity index (χ3v) is 3.63. The van der Waals surface area contributed by atoms with E-state index in [9.17, 15) is 9.90 Å². The zero-order chi connectivity index (χ0) is 17.0. The van der Waals surface area contributed by atoms with Crippen LogP contribution in [-0.2, 0) is 17.7 Å². The van der Waals surface area contributed by atoms with E-state index in [1.165, 1.54) is 0 Å². The zero-order valence-electron chi connectivity index (χ0n) is 14.6. The molecule has 1 amide bonds. The van der Waals surface area contributed by atoms with E-state index in [1.807, 2.05) is 65.8 Å². The molecule has 0 bridgehead atoms. The Bertz CT molecular complexity index is 501. The summed E-state index contributed by atoms with van der Waals surface area (Å²) < 4.78 is 5.21. The highest BCUT2D eigenvalue weighted by Gasteiger charge is 2.25. The molecule has 1 aromatic rings. The number of carbonyl (C=O) groups excluding carboxylic acids is 1. The van der Waals surface area contributed by atoms with Gasteiger partial charge >= 0.3 is 6.09 Å². The molecule has 124 valence electrons. The van der Waals surface area contributed by atoms with E-state index in [4.69, 9.17) is 4.74 Å². The monoisotopic (exact) mass is 307 g/mol. The quantitative estimate of drug-likeness (QED) is 0.872. The van der Waals surface area contributed by atoms with Crippen molar-refractivity contribution in [3.63, 3.8) is 0 Å². The fourth-order valence-electron chi connectivity index (χ4n) is 1.96. The molecule has 0 heterocycles. The first kappa shape index (κ1) is 18.5. The van der Waals surface area contributed by atoms with Crippen molar-refractivity contribution in [1.82, 2.24) is 5.32 Å². The van der Waals surface area contributed by atoms with E-state index in [1.54, 1.807) is 0 Å². The maximum atomic E-state index is 11.7. The molecule has 0 fully saturated rings. The second kappa shape index (κ2) is 7.14. The molecule has 4 heteroatoms. The summed E-state index contributed by atoms with van der Waals surface area (Å²) in [5.74, 6) is 0.177. The minimum atomic E-state index is -0.739. The van der Waals surface area contributed by atoms with E-state index in [0.29, 0.717) is 13.0 Å². The van der Waals surface area contributed by atoms with Crippen molar-refractivity contribution >= 4 is 6.09 Å². The van der Waals surface area contributed by atoms with Crippen LogP contribution in [0, 0.1) is 5.92 Å². The van der Waals surface area contributed by atoms with Crippen molar-refractivity contribution in [3.8, 4) is 0 Å². The minimum absolute atomic E-state index is 0.177. The SMILES string of the molecule is CC(C)C(C)(O)Cc1cccc(CNC(=O)OC(C)(C)C)c1. The summed E-state index contributed by atoms with van der Waals surface area (Å²) in [4.78, 5) is 11.7. The van der Waals surface area contributed by atoms with Gasteiger partial charge in [0, 0.05) is 13.0 Å². The van der Waals surface area contributed by atoms with Gasteiger partial charge in [0.05, 0.1) is 5.60 Å². The Morgan fingerprint density at radius 1 is 1.23 bits per heavy atom. The van der Waals surface area contributed by atoms with Gasteiger partial charge < -0.3 is 15.2 Å². The molecule has 0 aliphatic heterocycles. The number of rotatable bonds is 5. The van der Waals surface area contributed by atoms with Crippen LogP contribution in [-0.4, -0.2) is 22.4 Å². The van der Waals surface area contributed by atoms with Crippen molar-refractivity contribution in [2.24, 2.45) is 5.92 Å². The van der Waals surface area contributed by atoms with Gasteiger partial charge in [-0.1, -0.05) is 38.1 Å². The van der Waals surface area contributed by atoms with E-state index in [-0.39, 0.29) is 5.92 Å². The van der Waals surface area contributed by atoms with Crippen LogP contribution < -0.4 is 5.32 Å². The first-order chi connectivity index (χ1) is 9.99. The second-order valence-electron chi connectivity index (χ2n) is 7.36. The molecule has 22 heavy (non-hydrogen) atoms. The van der Waals surface area contributed by atoms with Crippen molar-refractivity contribution in [2.45, 2.75) is 65.7 Å². The Labute approximate surface area is 133 Å². The third kappa shape index (κ3) is 6.48. The fourth-order valence-corrected chi connectivity index (χ4v) is 1.96. The standard InChI is InChI=1S/C18H29NO3/c1-13(2)18(6,21)11-14-8-7-9-15(10-14)12-19-16(20)22-17(3,4)5/h7-10,13,21H,11-12H2,1-6H3,(H,19,20). The lowest BCUT2D eigenvalue weighted by molar-refractivity contribution is 0.0139. The molecule has 0 spiro atoms. The van der Waals surface area contributed by atoms with Crippen LogP contribution >= 0.6 is 0 Å². The highest BCUT2D eigenvalue weighted by molar-refractivity contribution is 5.67. The molecule has 1 rings (SSSR count). The predicted molar refractivity (Wildman–Crippen MR) is 88.7 cm³/mol. The molecule has 1 atom stereocenters. The first-order valence-electron chi connectivity index (χ1n) is 7.76. The molecule has 0 aliphatic carbocycles. The van der Waals surface area contributed by atoms with Gasteiger partial charge in [0.25, 0.3) is 0 Å². The largest absolute Gasteiger partial charge is 0.444 e. The van der Waals surface area contributed by atoms with Crippen LogP contribution in [0.1, 0.15) is 52.7 Å². The summed E-state index contributed by atoms with van der Waals surface area (Å²) in [5.41, 5.74) is 0.809. The number of hydrogen-bond donors (Lipinski definition) is 2. The lowest BCUT2D eigenvalue weighted by Crippen LogP contribution is -2.33. The number of hydrogen-bond acceptors (Lipinski definition) is 3. The van der Waals surface area contributed by atoms with Gasteiger partial charge in [-0.15, -0.1) is 0 Å². The second-order valence-corrected chi connectivity index (χ2v) is 7.36. The fraction of sp³-hybridized carbons (Fsp3) is 0.611. The van der Waals surface area contributed by atoms with Crippen LogP contribution in [0.15, 0.2) is 24.3 Å². The summed E-state index contributed by atoms with van der Waals surface area (Å²) >= 11 is 0.